The SMILES string of the molecule is O=S(=O)(O)C(F)(F)CC1CC2CC1C1OC(c3ccccc3)(c3ccccc3)OC21. The zero-order valence-electron chi connectivity index (χ0n) is 16.0. The maximum absolute atomic E-state index is 14.0. The van der Waals surface area contributed by atoms with E-state index < -0.39 is 39.6 Å². The van der Waals surface area contributed by atoms with Gasteiger partial charge in [-0.25, -0.2) is 0 Å². The van der Waals surface area contributed by atoms with Crippen molar-refractivity contribution >= 4 is 10.1 Å². The van der Waals surface area contributed by atoms with Crippen molar-refractivity contribution < 1.29 is 31.2 Å². The first-order valence-electron chi connectivity index (χ1n) is 10.0. The molecule has 5 unspecified atom stereocenters. The summed E-state index contributed by atoms with van der Waals surface area (Å²) in [6.45, 7) is 0. The van der Waals surface area contributed by atoms with Crippen LogP contribution in [-0.2, 0) is 25.4 Å². The lowest BCUT2D eigenvalue weighted by Gasteiger charge is -2.31. The molecule has 0 spiro atoms. The molecular formula is C22H22F2O5S. The molecular weight excluding hydrogens is 414 g/mol. The summed E-state index contributed by atoms with van der Waals surface area (Å²) in [4.78, 5) is 0. The fourth-order valence-corrected chi connectivity index (χ4v) is 5.94. The zero-order chi connectivity index (χ0) is 21.1. The second-order valence-electron chi connectivity index (χ2n) is 8.49. The molecule has 2 bridgehead atoms. The number of alkyl halides is 2. The number of fused-ring (bicyclic) bond motifs is 5. The van der Waals surface area contributed by atoms with E-state index >= 15 is 0 Å². The highest BCUT2D eigenvalue weighted by atomic mass is 32.2. The molecule has 0 radical (unpaired) electrons. The summed E-state index contributed by atoms with van der Waals surface area (Å²) in [7, 11) is -5.44. The molecule has 5 atom stereocenters. The van der Waals surface area contributed by atoms with Crippen molar-refractivity contribution in [1.82, 2.24) is 0 Å². The van der Waals surface area contributed by atoms with Crippen molar-refractivity contribution in [1.29, 1.82) is 0 Å². The van der Waals surface area contributed by atoms with E-state index in [1.54, 1.807) is 0 Å². The van der Waals surface area contributed by atoms with Crippen LogP contribution in [-0.4, -0.2) is 30.4 Å². The molecule has 2 aromatic rings. The Labute approximate surface area is 173 Å². The Hall–Kier alpha value is -1.87. The van der Waals surface area contributed by atoms with Gasteiger partial charge in [0.15, 0.2) is 0 Å². The van der Waals surface area contributed by atoms with Crippen LogP contribution in [0.2, 0.25) is 0 Å². The Kier molecular flexibility index (Phi) is 4.56. The lowest BCUT2D eigenvalue weighted by Crippen LogP contribution is -2.39. The van der Waals surface area contributed by atoms with Crippen molar-refractivity contribution in [2.24, 2.45) is 17.8 Å². The van der Waals surface area contributed by atoms with Crippen LogP contribution in [0.15, 0.2) is 60.7 Å². The topological polar surface area (TPSA) is 72.8 Å². The highest BCUT2D eigenvalue weighted by Gasteiger charge is 2.64. The van der Waals surface area contributed by atoms with E-state index in [0.29, 0.717) is 12.8 Å². The second kappa shape index (κ2) is 6.82. The third-order valence-electron chi connectivity index (χ3n) is 6.79. The Morgan fingerprint density at radius 3 is 2.00 bits per heavy atom. The van der Waals surface area contributed by atoms with Crippen molar-refractivity contribution in [3.63, 3.8) is 0 Å². The summed E-state index contributed by atoms with van der Waals surface area (Å²) in [5.41, 5.74) is 1.65. The molecule has 2 saturated carbocycles. The third kappa shape index (κ3) is 3.00. The quantitative estimate of drug-likeness (QED) is 0.712. The average molecular weight is 436 g/mol. The van der Waals surface area contributed by atoms with Crippen molar-refractivity contribution in [2.75, 3.05) is 0 Å². The maximum atomic E-state index is 14.0. The average Bonchev–Trinajstić information content (AvgIpc) is 3.38. The number of hydrogen-bond donors (Lipinski definition) is 1. The van der Waals surface area contributed by atoms with E-state index in [0.717, 1.165) is 11.1 Å². The molecule has 1 aliphatic heterocycles. The maximum Gasteiger partial charge on any atom is 0.370 e. The highest BCUT2D eigenvalue weighted by Crippen LogP contribution is 2.60. The van der Waals surface area contributed by atoms with Crippen LogP contribution >= 0.6 is 0 Å². The van der Waals surface area contributed by atoms with Crippen LogP contribution < -0.4 is 0 Å². The first-order chi connectivity index (χ1) is 14.2. The number of halogens is 2. The highest BCUT2D eigenvalue weighted by molar-refractivity contribution is 7.86. The van der Waals surface area contributed by atoms with Crippen LogP contribution in [0.4, 0.5) is 8.78 Å². The van der Waals surface area contributed by atoms with Gasteiger partial charge >= 0.3 is 15.4 Å². The molecule has 0 amide bonds. The fraction of sp³-hybridized carbons (Fsp3) is 0.455. The molecule has 1 N–H and O–H groups in total. The van der Waals surface area contributed by atoms with Crippen LogP contribution in [0, 0.1) is 17.8 Å². The normalized spacial score (nSPS) is 32.3. The van der Waals surface area contributed by atoms with E-state index in [4.69, 9.17) is 14.0 Å². The molecule has 2 aliphatic carbocycles. The molecule has 0 aromatic heterocycles. The summed E-state index contributed by atoms with van der Waals surface area (Å²) in [5.74, 6) is -1.92. The number of benzene rings is 2. The Morgan fingerprint density at radius 1 is 0.933 bits per heavy atom. The van der Waals surface area contributed by atoms with Gasteiger partial charge in [-0.15, -0.1) is 0 Å². The van der Waals surface area contributed by atoms with E-state index in [1.807, 2.05) is 60.7 Å². The molecule has 3 aliphatic rings. The number of ether oxygens (including phenoxy) is 2. The van der Waals surface area contributed by atoms with E-state index in [9.17, 15) is 17.2 Å². The first-order valence-corrected chi connectivity index (χ1v) is 11.5. The van der Waals surface area contributed by atoms with Crippen molar-refractivity contribution in [3.8, 4) is 0 Å². The van der Waals surface area contributed by atoms with Crippen LogP contribution in [0.1, 0.15) is 30.4 Å². The molecule has 1 saturated heterocycles. The Morgan fingerprint density at radius 2 is 1.47 bits per heavy atom. The van der Waals surface area contributed by atoms with E-state index in [1.165, 1.54) is 0 Å². The van der Waals surface area contributed by atoms with E-state index in [-0.39, 0.29) is 17.9 Å². The second-order valence-corrected chi connectivity index (χ2v) is 10.0. The summed E-state index contributed by atoms with van der Waals surface area (Å²) >= 11 is 0. The lowest BCUT2D eigenvalue weighted by molar-refractivity contribution is -0.162. The van der Waals surface area contributed by atoms with Gasteiger partial charge in [0.05, 0.1) is 12.2 Å². The predicted molar refractivity (Wildman–Crippen MR) is 104 cm³/mol. The molecule has 8 heteroatoms. The van der Waals surface area contributed by atoms with Gasteiger partial charge in [0.25, 0.3) is 0 Å². The minimum Gasteiger partial charge on any atom is -0.336 e. The lowest BCUT2D eigenvalue weighted by atomic mass is 9.83. The smallest absolute Gasteiger partial charge is 0.336 e. The van der Waals surface area contributed by atoms with Crippen LogP contribution in [0.25, 0.3) is 0 Å². The molecule has 5 rings (SSSR count). The van der Waals surface area contributed by atoms with Crippen LogP contribution in [0.5, 0.6) is 0 Å². The summed E-state index contributed by atoms with van der Waals surface area (Å²) in [6.07, 6.45) is -0.470. The molecule has 3 fully saturated rings. The predicted octanol–water partition coefficient (Wildman–Crippen LogP) is 4.20. The molecule has 5 nitrogen and oxygen atoms in total. The van der Waals surface area contributed by atoms with Gasteiger partial charge in [0.2, 0.25) is 5.79 Å². The third-order valence-corrected chi connectivity index (χ3v) is 7.71. The molecule has 160 valence electrons. The molecule has 2 aromatic carbocycles. The van der Waals surface area contributed by atoms with Gasteiger partial charge in [0, 0.05) is 17.5 Å². The summed E-state index contributed by atoms with van der Waals surface area (Å²) in [6, 6.07) is 19.0. The first kappa shape index (κ1) is 20.1. The largest absolute Gasteiger partial charge is 0.370 e. The van der Waals surface area contributed by atoms with Crippen molar-refractivity contribution in [2.45, 2.75) is 42.5 Å². The van der Waals surface area contributed by atoms with Crippen LogP contribution in [0.3, 0.4) is 0 Å². The standard InChI is InChI=1S/C22H22F2O5S/c23-21(24,30(25,26)27)13-15-11-14-12-18(15)20-19(14)28-22(29-20,16-7-3-1-4-8-16)17-9-5-2-6-10-17/h1-10,14-15,18-20H,11-13H2,(H,25,26,27). The molecule has 1 heterocycles. The Bertz CT molecular complexity index is 989. The minimum absolute atomic E-state index is 0.0106. The van der Waals surface area contributed by atoms with Gasteiger partial charge in [-0.1, -0.05) is 60.7 Å². The number of hydrogen-bond acceptors (Lipinski definition) is 4. The summed E-state index contributed by atoms with van der Waals surface area (Å²) < 4.78 is 72.2. The van der Waals surface area contributed by atoms with E-state index in [2.05, 4.69) is 0 Å². The van der Waals surface area contributed by atoms with Crippen molar-refractivity contribution in [3.05, 3.63) is 71.8 Å². The zero-order valence-corrected chi connectivity index (χ0v) is 16.8. The van der Waals surface area contributed by atoms with Gasteiger partial charge < -0.3 is 9.47 Å². The minimum atomic E-state index is -5.44. The summed E-state index contributed by atoms with van der Waals surface area (Å²) in [5, 5.41) is -4.16. The van der Waals surface area contributed by atoms with Gasteiger partial charge in [-0.05, 0) is 30.6 Å². The Balaban J connectivity index is 1.47. The van der Waals surface area contributed by atoms with Gasteiger partial charge in [-0.2, -0.15) is 17.2 Å². The monoisotopic (exact) mass is 436 g/mol. The fourth-order valence-electron chi connectivity index (χ4n) is 5.51. The molecule has 30 heavy (non-hydrogen) atoms. The van der Waals surface area contributed by atoms with Gasteiger partial charge in [-0.3, -0.25) is 4.55 Å². The van der Waals surface area contributed by atoms with Gasteiger partial charge in [0.1, 0.15) is 0 Å². The number of rotatable bonds is 5.